The lowest BCUT2D eigenvalue weighted by molar-refractivity contribution is -0.114. The Hall–Kier alpha value is -2.75. The maximum atomic E-state index is 11.8. The van der Waals surface area contributed by atoms with Crippen molar-refractivity contribution in [3.05, 3.63) is 36.2 Å². The molecule has 9 nitrogen and oxygen atoms in total. The lowest BCUT2D eigenvalue weighted by Gasteiger charge is -2.03. The molecule has 0 radical (unpaired) electrons. The number of hydrogen-bond acceptors (Lipinski definition) is 8. The van der Waals surface area contributed by atoms with Gasteiger partial charge in [-0.25, -0.2) is 0 Å². The number of nitrogens with zero attached hydrogens (tertiary/aromatic N) is 6. The number of benzene rings is 1. The van der Waals surface area contributed by atoms with E-state index in [1.165, 1.54) is 11.8 Å². The number of aryl methyl sites for hydroxylation is 1. The van der Waals surface area contributed by atoms with Crippen molar-refractivity contribution >= 4 is 23.7 Å². The van der Waals surface area contributed by atoms with Crippen molar-refractivity contribution in [3.63, 3.8) is 0 Å². The summed E-state index contributed by atoms with van der Waals surface area (Å²) in [7, 11) is 0. The number of aromatic nitrogens is 6. The molecule has 3 aromatic rings. The molecule has 0 atom stereocenters. The van der Waals surface area contributed by atoms with Crippen molar-refractivity contribution in [2.24, 2.45) is 0 Å². The normalized spacial score (nSPS) is 10.6. The molecule has 0 spiro atoms. The minimum Gasteiger partial charge on any atom is -0.315 e. The van der Waals surface area contributed by atoms with Crippen LogP contribution in [0.25, 0.3) is 5.69 Å². The smallest absolute Gasteiger partial charge is 0.315 e. The van der Waals surface area contributed by atoms with E-state index in [0.717, 1.165) is 5.69 Å². The summed E-state index contributed by atoms with van der Waals surface area (Å²) in [5, 5.41) is 18.1. The van der Waals surface area contributed by atoms with Crippen LogP contribution in [0.5, 0.6) is 0 Å². The molecule has 0 aliphatic heterocycles. The van der Waals surface area contributed by atoms with Crippen LogP contribution in [0.15, 0.2) is 40.0 Å². The fourth-order valence-electron chi connectivity index (χ4n) is 1.63. The van der Waals surface area contributed by atoms with E-state index in [2.05, 4.69) is 31.0 Å². The van der Waals surface area contributed by atoms with Crippen LogP contribution < -0.4 is 5.32 Å². The third kappa shape index (κ3) is 3.28. The Morgan fingerprint density at radius 2 is 2.18 bits per heavy atom. The molecule has 2 heterocycles. The van der Waals surface area contributed by atoms with Crippen molar-refractivity contribution < 1.29 is 9.32 Å². The maximum absolute atomic E-state index is 11.8. The quantitative estimate of drug-likeness (QED) is 0.696. The first-order chi connectivity index (χ1) is 10.7. The molecule has 0 fully saturated rings. The topological polar surface area (TPSA) is 112 Å². The molecule has 0 aliphatic carbocycles. The van der Waals surface area contributed by atoms with Gasteiger partial charge in [-0.1, -0.05) is 35.1 Å². The van der Waals surface area contributed by atoms with Crippen LogP contribution in [0.1, 0.15) is 5.82 Å². The average Bonchev–Trinajstić information content (AvgIpc) is 3.15. The Morgan fingerprint density at radius 1 is 1.36 bits per heavy atom. The Morgan fingerprint density at radius 3 is 2.91 bits per heavy atom. The second kappa shape index (κ2) is 6.35. The maximum Gasteiger partial charge on any atom is 0.328 e. The first-order valence-electron chi connectivity index (χ1n) is 6.29. The summed E-state index contributed by atoms with van der Waals surface area (Å²) in [6.07, 6.45) is 0. The third-order valence-electron chi connectivity index (χ3n) is 2.55. The molecule has 0 bridgehead atoms. The van der Waals surface area contributed by atoms with Crippen LogP contribution in [-0.2, 0) is 4.79 Å². The zero-order valence-corrected chi connectivity index (χ0v) is 12.3. The van der Waals surface area contributed by atoms with Gasteiger partial charge in [-0.2, -0.15) is 9.67 Å². The zero-order chi connectivity index (χ0) is 15.4. The monoisotopic (exact) mass is 317 g/mol. The average molecular weight is 317 g/mol. The fourth-order valence-corrected chi connectivity index (χ4v) is 2.32. The van der Waals surface area contributed by atoms with Crippen molar-refractivity contribution in [2.75, 3.05) is 11.1 Å². The Labute approximate surface area is 129 Å². The molecule has 112 valence electrons. The molecule has 2 aromatic heterocycles. The molecule has 0 unspecified atom stereocenters. The number of rotatable bonds is 5. The Kier molecular flexibility index (Phi) is 4.10. The van der Waals surface area contributed by atoms with Crippen LogP contribution in [-0.4, -0.2) is 42.0 Å². The molecule has 10 heteroatoms. The van der Waals surface area contributed by atoms with Gasteiger partial charge < -0.3 is 4.52 Å². The van der Waals surface area contributed by atoms with Gasteiger partial charge in [0.15, 0.2) is 5.82 Å². The van der Waals surface area contributed by atoms with Gasteiger partial charge in [-0.15, -0.1) is 5.10 Å². The van der Waals surface area contributed by atoms with E-state index in [-0.39, 0.29) is 17.7 Å². The second-order valence-electron chi connectivity index (χ2n) is 4.19. The van der Waals surface area contributed by atoms with E-state index in [1.54, 1.807) is 11.6 Å². The molecular formula is C12H11N7O2S. The van der Waals surface area contributed by atoms with Crippen LogP contribution in [0.3, 0.4) is 0 Å². The number of nitrogens with one attached hydrogen (secondary N) is 1. The molecule has 1 aromatic carbocycles. The number of para-hydroxylation sites is 1. The Balaban J connectivity index is 1.63. The molecule has 1 N–H and O–H groups in total. The summed E-state index contributed by atoms with van der Waals surface area (Å²) in [5.74, 6) is 0.293. The van der Waals surface area contributed by atoms with Gasteiger partial charge in [0.25, 0.3) is 0 Å². The number of thioether (sulfide) groups is 1. The molecule has 1 amide bonds. The number of tetrazole rings is 1. The lowest BCUT2D eigenvalue weighted by Crippen LogP contribution is -2.14. The zero-order valence-electron chi connectivity index (χ0n) is 11.5. The summed E-state index contributed by atoms with van der Waals surface area (Å²) in [6, 6.07) is 9.50. The van der Waals surface area contributed by atoms with Crippen LogP contribution in [0, 0.1) is 6.92 Å². The van der Waals surface area contributed by atoms with Gasteiger partial charge in [0.1, 0.15) is 0 Å². The highest BCUT2D eigenvalue weighted by molar-refractivity contribution is 7.99. The highest BCUT2D eigenvalue weighted by Gasteiger charge is 2.13. The Bertz CT molecular complexity index is 771. The summed E-state index contributed by atoms with van der Waals surface area (Å²) in [5.41, 5.74) is 0.822. The first-order valence-corrected chi connectivity index (χ1v) is 7.28. The number of carbonyl (C=O) groups excluding carboxylic acids is 1. The van der Waals surface area contributed by atoms with Crippen molar-refractivity contribution in [1.29, 1.82) is 0 Å². The highest BCUT2D eigenvalue weighted by Crippen LogP contribution is 2.18. The molecule has 0 saturated heterocycles. The molecule has 22 heavy (non-hydrogen) atoms. The van der Waals surface area contributed by atoms with Crippen LogP contribution in [0.2, 0.25) is 0 Å². The molecular weight excluding hydrogens is 306 g/mol. The highest BCUT2D eigenvalue weighted by atomic mass is 32.2. The second-order valence-corrected chi connectivity index (χ2v) is 5.13. The van der Waals surface area contributed by atoms with Crippen molar-refractivity contribution in [1.82, 2.24) is 30.3 Å². The number of carbonyl (C=O) groups is 1. The van der Waals surface area contributed by atoms with Crippen LogP contribution in [0.4, 0.5) is 6.01 Å². The molecule has 3 rings (SSSR count). The van der Waals surface area contributed by atoms with Crippen molar-refractivity contribution in [2.45, 2.75) is 12.1 Å². The molecule has 0 saturated carbocycles. The fraction of sp³-hybridized carbons (Fsp3) is 0.167. The van der Waals surface area contributed by atoms with Gasteiger partial charge in [-0.3, -0.25) is 10.1 Å². The summed E-state index contributed by atoms with van der Waals surface area (Å²) in [6.45, 7) is 1.67. The summed E-state index contributed by atoms with van der Waals surface area (Å²) in [4.78, 5) is 15.7. The van der Waals surface area contributed by atoms with E-state index in [9.17, 15) is 4.79 Å². The summed E-state index contributed by atoms with van der Waals surface area (Å²) >= 11 is 1.21. The number of amides is 1. The van der Waals surface area contributed by atoms with Gasteiger partial charge in [-0.05, 0) is 29.5 Å². The lowest BCUT2D eigenvalue weighted by atomic mass is 10.3. The predicted octanol–water partition coefficient (Wildman–Crippen LogP) is 1.08. The SMILES string of the molecule is Cc1noc(NC(=O)CSc2nnnn2-c2ccccc2)n1. The number of anilines is 1. The van der Waals surface area contributed by atoms with E-state index in [1.807, 2.05) is 30.3 Å². The minimum absolute atomic E-state index is 0.0748. The summed E-state index contributed by atoms with van der Waals surface area (Å²) < 4.78 is 6.38. The van der Waals surface area contributed by atoms with E-state index >= 15 is 0 Å². The van der Waals surface area contributed by atoms with E-state index in [0.29, 0.717) is 11.0 Å². The number of hydrogen-bond donors (Lipinski definition) is 1. The first kappa shape index (κ1) is 14.2. The van der Waals surface area contributed by atoms with Gasteiger partial charge in [0, 0.05) is 0 Å². The molecule has 0 aliphatic rings. The van der Waals surface area contributed by atoms with Gasteiger partial charge in [0.05, 0.1) is 11.4 Å². The van der Waals surface area contributed by atoms with Gasteiger partial charge in [0.2, 0.25) is 11.1 Å². The van der Waals surface area contributed by atoms with Crippen LogP contribution >= 0.6 is 11.8 Å². The van der Waals surface area contributed by atoms with E-state index in [4.69, 9.17) is 4.52 Å². The van der Waals surface area contributed by atoms with Crippen molar-refractivity contribution in [3.8, 4) is 5.69 Å². The largest absolute Gasteiger partial charge is 0.328 e. The third-order valence-corrected chi connectivity index (χ3v) is 3.47. The van der Waals surface area contributed by atoms with Gasteiger partial charge >= 0.3 is 6.01 Å². The standard InChI is InChI=1S/C12H11N7O2S/c1-8-13-11(21-16-8)14-10(20)7-22-12-15-17-18-19(12)9-5-3-2-4-6-9/h2-6H,7H2,1H3,(H,13,14,16,20). The van der Waals surface area contributed by atoms with E-state index < -0.39 is 0 Å². The predicted molar refractivity (Wildman–Crippen MR) is 77.5 cm³/mol. The minimum atomic E-state index is -0.281.